The van der Waals surface area contributed by atoms with Crippen LogP contribution in [0.4, 0.5) is 0 Å². The van der Waals surface area contributed by atoms with Crippen LogP contribution in [0.5, 0.6) is 5.75 Å². The van der Waals surface area contributed by atoms with Crippen molar-refractivity contribution in [3.8, 4) is 5.75 Å². The van der Waals surface area contributed by atoms with Crippen LogP contribution in [0.2, 0.25) is 0 Å². The van der Waals surface area contributed by atoms with E-state index in [-0.39, 0.29) is 24.0 Å². The molecule has 150 valence electrons. The summed E-state index contributed by atoms with van der Waals surface area (Å²) >= 11 is 0. The molecule has 1 aliphatic heterocycles. The van der Waals surface area contributed by atoms with Crippen molar-refractivity contribution in [3.63, 3.8) is 0 Å². The van der Waals surface area contributed by atoms with Gasteiger partial charge in [-0.1, -0.05) is 6.07 Å². The van der Waals surface area contributed by atoms with Crippen molar-refractivity contribution in [2.45, 2.75) is 58.1 Å². The number of fused-ring (bicyclic) bond motifs is 1. The standard InChI is InChI=1S/C22H29N3O3/c1-13-19(14(2)25(3)24-13)5-7-21(27)23-22(17-11-18(26)12-17)16-4-6-20-15(10-16)8-9-28-20/h4,6,10,17-18,22,26H,5,7-9,11-12H2,1-3H3,(H,23,27)/t17?,18?,22-/m1/s1. The highest BCUT2D eigenvalue weighted by Gasteiger charge is 2.36. The molecule has 1 fully saturated rings. The number of amides is 1. The summed E-state index contributed by atoms with van der Waals surface area (Å²) in [5.74, 6) is 1.27. The smallest absolute Gasteiger partial charge is 0.220 e. The number of aryl methyl sites for hydroxylation is 2. The first-order valence-corrected chi connectivity index (χ1v) is 10.1. The quantitative estimate of drug-likeness (QED) is 0.804. The minimum atomic E-state index is -0.247. The van der Waals surface area contributed by atoms with Crippen molar-refractivity contribution in [3.05, 3.63) is 46.3 Å². The van der Waals surface area contributed by atoms with Gasteiger partial charge in [-0.3, -0.25) is 9.48 Å². The van der Waals surface area contributed by atoms with E-state index in [0.29, 0.717) is 12.8 Å². The number of nitrogens with one attached hydrogen (secondary N) is 1. The SMILES string of the molecule is Cc1nn(C)c(C)c1CCC(=O)N[C@H](c1ccc2c(c1)CCO2)C1CC(O)C1. The van der Waals surface area contributed by atoms with Crippen molar-refractivity contribution < 1.29 is 14.6 Å². The Labute approximate surface area is 165 Å². The second-order valence-electron chi connectivity index (χ2n) is 8.17. The van der Waals surface area contributed by atoms with E-state index in [1.54, 1.807) is 0 Å². The summed E-state index contributed by atoms with van der Waals surface area (Å²) in [4.78, 5) is 12.8. The first-order valence-electron chi connectivity index (χ1n) is 10.1. The second-order valence-corrected chi connectivity index (χ2v) is 8.17. The van der Waals surface area contributed by atoms with Crippen LogP contribution in [-0.2, 0) is 24.7 Å². The molecule has 2 aromatic rings. The van der Waals surface area contributed by atoms with Crippen LogP contribution in [0.3, 0.4) is 0 Å². The Hall–Kier alpha value is -2.34. The van der Waals surface area contributed by atoms with Crippen molar-refractivity contribution in [1.82, 2.24) is 15.1 Å². The van der Waals surface area contributed by atoms with Gasteiger partial charge in [-0.2, -0.15) is 5.10 Å². The zero-order chi connectivity index (χ0) is 19.8. The van der Waals surface area contributed by atoms with Gasteiger partial charge in [0.05, 0.1) is 24.4 Å². The van der Waals surface area contributed by atoms with E-state index in [1.165, 1.54) is 5.56 Å². The molecule has 0 bridgehead atoms. The molecule has 0 radical (unpaired) electrons. The number of aliphatic hydroxyl groups is 1. The first-order chi connectivity index (χ1) is 13.4. The van der Waals surface area contributed by atoms with Gasteiger partial charge in [0.15, 0.2) is 0 Å². The maximum atomic E-state index is 12.8. The van der Waals surface area contributed by atoms with E-state index in [1.807, 2.05) is 31.6 Å². The fourth-order valence-corrected chi connectivity index (χ4v) is 4.44. The molecule has 0 unspecified atom stereocenters. The van der Waals surface area contributed by atoms with E-state index < -0.39 is 0 Å². The Morgan fingerprint density at radius 1 is 1.39 bits per heavy atom. The molecular formula is C22H29N3O3. The van der Waals surface area contributed by atoms with Gasteiger partial charge in [0.1, 0.15) is 5.75 Å². The molecule has 1 saturated carbocycles. The van der Waals surface area contributed by atoms with E-state index in [0.717, 1.165) is 54.1 Å². The predicted octanol–water partition coefficient (Wildman–Crippen LogP) is 2.53. The Kier molecular flexibility index (Phi) is 5.15. The molecule has 2 aliphatic rings. The molecule has 2 heterocycles. The number of carbonyl (C=O) groups is 1. The molecule has 1 aromatic heterocycles. The number of hydrogen-bond donors (Lipinski definition) is 2. The molecule has 1 amide bonds. The van der Waals surface area contributed by atoms with E-state index in [4.69, 9.17) is 4.74 Å². The summed E-state index contributed by atoms with van der Waals surface area (Å²) in [5.41, 5.74) is 5.58. The molecule has 1 atom stereocenters. The Morgan fingerprint density at radius 2 is 2.18 bits per heavy atom. The number of aromatic nitrogens is 2. The third-order valence-corrected chi connectivity index (χ3v) is 6.27. The normalized spacial score (nSPS) is 21.6. The Morgan fingerprint density at radius 3 is 2.86 bits per heavy atom. The van der Waals surface area contributed by atoms with Crippen molar-refractivity contribution in [1.29, 1.82) is 0 Å². The maximum absolute atomic E-state index is 12.8. The topological polar surface area (TPSA) is 76.4 Å². The summed E-state index contributed by atoms with van der Waals surface area (Å²) in [6, 6.07) is 6.16. The second kappa shape index (κ2) is 7.59. The number of carbonyl (C=O) groups excluding carboxylic acids is 1. The zero-order valence-corrected chi connectivity index (χ0v) is 16.9. The van der Waals surface area contributed by atoms with Gasteiger partial charge >= 0.3 is 0 Å². The third kappa shape index (κ3) is 3.65. The predicted molar refractivity (Wildman–Crippen MR) is 106 cm³/mol. The van der Waals surface area contributed by atoms with Crippen molar-refractivity contribution in [2.24, 2.45) is 13.0 Å². The minimum Gasteiger partial charge on any atom is -0.493 e. The van der Waals surface area contributed by atoms with E-state index >= 15 is 0 Å². The van der Waals surface area contributed by atoms with Gasteiger partial charge in [0.25, 0.3) is 0 Å². The van der Waals surface area contributed by atoms with Gasteiger partial charge < -0.3 is 15.2 Å². The number of benzene rings is 1. The Bertz CT molecular complexity index is 883. The fourth-order valence-electron chi connectivity index (χ4n) is 4.44. The lowest BCUT2D eigenvalue weighted by molar-refractivity contribution is -0.123. The van der Waals surface area contributed by atoms with Gasteiger partial charge in [-0.05, 0) is 67.9 Å². The van der Waals surface area contributed by atoms with Gasteiger partial charge in [0.2, 0.25) is 5.91 Å². The highest BCUT2D eigenvalue weighted by Crippen LogP contribution is 2.39. The molecule has 2 N–H and O–H groups in total. The van der Waals surface area contributed by atoms with Crippen LogP contribution < -0.4 is 10.1 Å². The Balaban J connectivity index is 1.46. The van der Waals surface area contributed by atoms with Crippen LogP contribution >= 0.6 is 0 Å². The lowest BCUT2D eigenvalue weighted by Gasteiger charge is -2.38. The molecule has 6 heteroatoms. The number of aliphatic hydroxyl groups excluding tert-OH is 1. The minimum absolute atomic E-state index is 0.0470. The molecule has 1 aliphatic carbocycles. The molecule has 4 rings (SSSR count). The van der Waals surface area contributed by atoms with Crippen LogP contribution in [-0.4, -0.2) is 33.5 Å². The average Bonchev–Trinajstić information content (AvgIpc) is 3.20. The number of rotatable bonds is 6. The summed E-state index contributed by atoms with van der Waals surface area (Å²) in [7, 11) is 1.93. The van der Waals surface area contributed by atoms with Crippen molar-refractivity contribution >= 4 is 5.91 Å². The van der Waals surface area contributed by atoms with Crippen LogP contribution in [0.1, 0.15) is 53.4 Å². The lowest BCUT2D eigenvalue weighted by atomic mass is 9.74. The number of hydrogen-bond acceptors (Lipinski definition) is 4. The van der Waals surface area contributed by atoms with Crippen molar-refractivity contribution in [2.75, 3.05) is 6.61 Å². The highest BCUT2D eigenvalue weighted by atomic mass is 16.5. The fraction of sp³-hybridized carbons (Fsp3) is 0.545. The highest BCUT2D eigenvalue weighted by molar-refractivity contribution is 5.77. The van der Waals surface area contributed by atoms with Gasteiger partial charge in [-0.15, -0.1) is 0 Å². The van der Waals surface area contributed by atoms with E-state index in [2.05, 4.69) is 22.5 Å². The molecular weight excluding hydrogens is 354 g/mol. The summed E-state index contributed by atoms with van der Waals surface area (Å²) in [6.45, 7) is 4.76. The largest absolute Gasteiger partial charge is 0.493 e. The summed E-state index contributed by atoms with van der Waals surface area (Å²) in [5, 5.41) is 17.5. The number of ether oxygens (including phenoxy) is 1. The first kappa shape index (κ1) is 19.0. The molecule has 1 aromatic carbocycles. The van der Waals surface area contributed by atoms with Crippen LogP contribution in [0.25, 0.3) is 0 Å². The summed E-state index contributed by atoms with van der Waals surface area (Å²) in [6.07, 6.45) is 3.26. The van der Waals surface area contributed by atoms with E-state index in [9.17, 15) is 9.90 Å². The maximum Gasteiger partial charge on any atom is 0.220 e. The van der Waals surface area contributed by atoms with Gasteiger partial charge in [0, 0.05) is 25.6 Å². The zero-order valence-electron chi connectivity index (χ0n) is 16.9. The third-order valence-electron chi connectivity index (χ3n) is 6.27. The van der Waals surface area contributed by atoms with Crippen LogP contribution in [0.15, 0.2) is 18.2 Å². The molecule has 28 heavy (non-hydrogen) atoms. The molecule has 6 nitrogen and oxygen atoms in total. The van der Waals surface area contributed by atoms with Gasteiger partial charge in [-0.25, -0.2) is 0 Å². The number of nitrogens with zero attached hydrogens (tertiary/aromatic N) is 2. The summed E-state index contributed by atoms with van der Waals surface area (Å²) < 4.78 is 7.48. The molecule has 0 spiro atoms. The van der Waals surface area contributed by atoms with Crippen LogP contribution in [0, 0.1) is 19.8 Å². The lowest BCUT2D eigenvalue weighted by Crippen LogP contribution is -2.41. The monoisotopic (exact) mass is 383 g/mol. The average molecular weight is 383 g/mol. The molecule has 0 saturated heterocycles.